The fourth-order valence-electron chi connectivity index (χ4n) is 1.27. The molecule has 15 heavy (non-hydrogen) atoms. The highest BCUT2D eigenvalue weighted by molar-refractivity contribution is 6.32. The third kappa shape index (κ3) is 4.02. The monoisotopic (exact) mass is 227 g/mol. The molecule has 82 valence electrons. The normalized spacial score (nSPS) is 13.3. The van der Waals surface area contributed by atoms with Gasteiger partial charge in [-0.3, -0.25) is 0 Å². The van der Waals surface area contributed by atoms with E-state index in [0.717, 1.165) is 12.1 Å². The van der Waals surface area contributed by atoms with E-state index in [1.54, 1.807) is 6.07 Å². The molecule has 0 amide bonds. The third-order valence-corrected chi connectivity index (χ3v) is 2.38. The van der Waals surface area contributed by atoms with Gasteiger partial charge in [0.15, 0.2) is 0 Å². The predicted molar refractivity (Wildman–Crippen MR) is 63.6 cm³/mol. The summed E-state index contributed by atoms with van der Waals surface area (Å²) in [5.41, 5.74) is 0.836. The molecule has 1 N–H and O–H groups in total. The molecular weight excluding hydrogens is 213 g/mol. The van der Waals surface area contributed by atoms with Crippen molar-refractivity contribution in [2.24, 2.45) is 0 Å². The van der Waals surface area contributed by atoms with E-state index in [9.17, 15) is 4.39 Å². The zero-order valence-electron chi connectivity index (χ0n) is 8.93. The number of nitrogens with one attached hydrogen (secondary N) is 1. The van der Waals surface area contributed by atoms with Crippen LogP contribution >= 0.6 is 11.6 Å². The Kier molecular flexibility index (Phi) is 4.79. The summed E-state index contributed by atoms with van der Waals surface area (Å²) in [4.78, 5) is 0. The summed E-state index contributed by atoms with van der Waals surface area (Å²) in [5.74, 6) is -0.308. The van der Waals surface area contributed by atoms with Crippen molar-refractivity contribution < 1.29 is 4.39 Å². The molecule has 0 heterocycles. The van der Waals surface area contributed by atoms with Gasteiger partial charge in [-0.15, -0.1) is 0 Å². The molecule has 1 unspecified atom stereocenters. The van der Waals surface area contributed by atoms with Crippen molar-refractivity contribution in [2.45, 2.75) is 19.9 Å². The van der Waals surface area contributed by atoms with Crippen LogP contribution in [-0.4, -0.2) is 12.6 Å². The van der Waals surface area contributed by atoms with Gasteiger partial charge >= 0.3 is 0 Å². The maximum atomic E-state index is 12.7. The summed E-state index contributed by atoms with van der Waals surface area (Å²) in [6, 6.07) is 4.69. The van der Waals surface area contributed by atoms with E-state index in [1.165, 1.54) is 12.1 Å². The maximum Gasteiger partial charge on any atom is 0.124 e. The number of hydrogen-bond acceptors (Lipinski definition) is 1. The van der Waals surface area contributed by atoms with Gasteiger partial charge in [0.1, 0.15) is 5.82 Å². The Morgan fingerprint density at radius 1 is 1.53 bits per heavy atom. The number of rotatable bonds is 4. The van der Waals surface area contributed by atoms with Crippen LogP contribution in [0.5, 0.6) is 0 Å². The lowest BCUT2D eigenvalue weighted by molar-refractivity contribution is 0.628. The molecule has 1 nitrogen and oxygen atoms in total. The fourth-order valence-corrected chi connectivity index (χ4v) is 1.50. The zero-order chi connectivity index (χ0) is 11.3. The molecule has 0 radical (unpaired) electrons. The van der Waals surface area contributed by atoms with E-state index in [2.05, 4.69) is 19.2 Å². The van der Waals surface area contributed by atoms with Crippen molar-refractivity contribution in [3.8, 4) is 0 Å². The average Bonchev–Trinajstić information content (AvgIpc) is 2.17. The first kappa shape index (κ1) is 12.2. The van der Waals surface area contributed by atoms with Crippen molar-refractivity contribution in [3.63, 3.8) is 0 Å². The molecule has 0 bridgehead atoms. The highest BCUT2D eigenvalue weighted by Gasteiger charge is 1.99. The van der Waals surface area contributed by atoms with Crippen molar-refractivity contribution >= 4 is 17.7 Å². The standard InChI is InChI=1S/C12H15ClFN/c1-3-15-9(2)4-5-10-6-7-11(14)8-12(10)13/h4-9,15H,3H2,1-2H3/b5-4+. The largest absolute Gasteiger partial charge is 0.311 e. The van der Waals surface area contributed by atoms with E-state index in [-0.39, 0.29) is 11.9 Å². The Hall–Kier alpha value is -0.860. The van der Waals surface area contributed by atoms with Gasteiger partial charge in [0, 0.05) is 6.04 Å². The van der Waals surface area contributed by atoms with Gasteiger partial charge in [-0.1, -0.05) is 36.7 Å². The zero-order valence-corrected chi connectivity index (χ0v) is 9.68. The molecule has 0 aliphatic heterocycles. The van der Waals surface area contributed by atoms with E-state index < -0.39 is 0 Å². The molecule has 0 spiro atoms. The van der Waals surface area contributed by atoms with Gasteiger partial charge in [0.2, 0.25) is 0 Å². The van der Waals surface area contributed by atoms with Crippen LogP contribution in [0.4, 0.5) is 4.39 Å². The van der Waals surface area contributed by atoms with Gasteiger partial charge in [0.05, 0.1) is 5.02 Å². The summed E-state index contributed by atoms with van der Waals surface area (Å²) < 4.78 is 12.7. The highest BCUT2D eigenvalue weighted by atomic mass is 35.5. The molecule has 3 heteroatoms. The first-order valence-corrected chi connectivity index (χ1v) is 5.38. The minimum Gasteiger partial charge on any atom is -0.311 e. The van der Waals surface area contributed by atoms with Crippen LogP contribution in [0.25, 0.3) is 6.08 Å². The quantitative estimate of drug-likeness (QED) is 0.831. The highest BCUT2D eigenvalue weighted by Crippen LogP contribution is 2.18. The molecule has 0 aliphatic rings. The topological polar surface area (TPSA) is 12.0 Å². The molecule has 0 saturated heterocycles. The van der Waals surface area contributed by atoms with Gasteiger partial charge in [-0.2, -0.15) is 0 Å². The lowest BCUT2D eigenvalue weighted by atomic mass is 10.2. The Morgan fingerprint density at radius 2 is 2.27 bits per heavy atom. The van der Waals surface area contributed by atoms with Crippen molar-refractivity contribution in [3.05, 3.63) is 40.7 Å². The molecule has 1 aromatic carbocycles. The number of benzene rings is 1. The van der Waals surface area contributed by atoms with Gasteiger partial charge in [-0.05, 0) is 31.2 Å². The second-order valence-electron chi connectivity index (χ2n) is 3.37. The summed E-state index contributed by atoms with van der Waals surface area (Å²) >= 11 is 5.88. The van der Waals surface area contributed by atoms with Crippen LogP contribution in [0.2, 0.25) is 5.02 Å². The summed E-state index contributed by atoms with van der Waals surface area (Å²) in [7, 11) is 0. The van der Waals surface area contributed by atoms with Crippen LogP contribution < -0.4 is 5.32 Å². The van der Waals surface area contributed by atoms with Crippen LogP contribution in [0.3, 0.4) is 0 Å². The second kappa shape index (κ2) is 5.89. The van der Waals surface area contributed by atoms with Crippen molar-refractivity contribution in [1.29, 1.82) is 0 Å². The number of hydrogen-bond donors (Lipinski definition) is 1. The number of likely N-dealkylation sites (N-methyl/N-ethyl adjacent to an activating group) is 1. The summed E-state index contributed by atoms with van der Waals surface area (Å²) in [6.45, 7) is 5.02. The van der Waals surface area contributed by atoms with Crippen molar-refractivity contribution in [1.82, 2.24) is 5.32 Å². The third-order valence-electron chi connectivity index (χ3n) is 2.05. The van der Waals surface area contributed by atoms with Crippen LogP contribution in [0.15, 0.2) is 24.3 Å². The smallest absolute Gasteiger partial charge is 0.124 e. The minimum atomic E-state index is -0.308. The first-order valence-electron chi connectivity index (χ1n) is 5.00. The lowest BCUT2D eigenvalue weighted by Crippen LogP contribution is -2.22. The molecule has 1 aromatic rings. The molecule has 1 rings (SSSR count). The molecule has 0 aliphatic carbocycles. The van der Waals surface area contributed by atoms with Crippen LogP contribution in [-0.2, 0) is 0 Å². The summed E-state index contributed by atoms with van der Waals surface area (Å²) in [5, 5.41) is 3.68. The first-order chi connectivity index (χ1) is 7.13. The molecule has 0 saturated carbocycles. The average molecular weight is 228 g/mol. The molecular formula is C12H15ClFN. The Morgan fingerprint density at radius 3 is 2.87 bits per heavy atom. The van der Waals surface area contributed by atoms with E-state index in [4.69, 9.17) is 11.6 Å². The SMILES string of the molecule is CCNC(C)/C=C/c1ccc(F)cc1Cl. The van der Waals surface area contributed by atoms with E-state index in [1.807, 2.05) is 12.2 Å². The van der Waals surface area contributed by atoms with E-state index in [0.29, 0.717) is 5.02 Å². The Labute approximate surface area is 95.0 Å². The molecule has 0 aromatic heterocycles. The fraction of sp³-hybridized carbons (Fsp3) is 0.333. The molecule has 1 atom stereocenters. The Balaban J connectivity index is 2.72. The van der Waals surface area contributed by atoms with Crippen LogP contribution in [0, 0.1) is 5.82 Å². The summed E-state index contributed by atoms with van der Waals surface area (Å²) in [6.07, 6.45) is 3.90. The van der Waals surface area contributed by atoms with Crippen molar-refractivity contribution in [2.75, 3.05) is 6.54 Å². The van der Waals surface area contributed by atoms with E-state index >= 15 is 0 Å². The van der Waals surface area contributed by atoms with Gasteiger partial charge < -0.3 is 5.32 Å². The number of halogens is 2. The second-order valence-corrected chi connectivity index (χ2v) is 3.78. The maximum absolute atomic E-state index is 12.7. The lowest BCUT2D eigenvalue weighted by Gasteiger charge is -2.06. The minimum absolute atomic E-state index is 0.288. The predicted octanol–water partition coefficient (Wildman–Crippen LogP) is 3.49. The Bertz CT molecular complexity index is 349. The van der Waals surface area contributed by atoms with Gasteiger partial charge in [-0.25, -0.2) is 4.39 Å². The van der Waals surface area contributed by atoms with Gasteiger partial charge in [0.25, 0.3) is 0 Å². The van der Waals surface area contributed by atoms with Crippen LogP contribution in [0.1, 0.15) is 19.4 Å². The molecule has 0 fully saturated rings.